The molecule has 2 N–H and O–H groups in total. The van der Waals surface area contributed by atoms with E-state index in [1.54, 1.807) is 30.3 Å². The van der Waals surface area contributed by atoms with Crippen LogP contribution in [-0.2, 0) is 4.79 Å². The lowest BCUT2D eigenvalue weighted by Gasteiger charge is -2.11. The van der Waals surface area contributed by atoms with Crippen LogP contribution in [0.1, 0.15) is 10.4 Å². The third-order valence-electron chi connectivity index (χ3n) is 4.88. The smallest absolute Gasteiger partial charge is 0.276 e. The Morgan fingerprint density at radius 3 is 2.18 bits per heavy atom. The summed E-state index contributed by atoms with van der Waals surface area (Å²) in [5.41, 5.74) is 5.10. The highest BCUT2D eigenvalue weighted by molar-refractivity contribution is 5.96. The number of amides is 2. The van der Waals surface area contributed by atoms with Crippen LogP contribution in [0.2, 0.25) is 0 Å². The van der Waals surface area contributed by atoms with E-state index in [0.29, 0.717) is 30.3 Å². The number of hydrogen-bond acceptors (Lipinski definition) is 5. The van der Waals surface area contributed by atoms with Crippen LogP contribution in [0.3, 0.4) is 0 Å². The Morgan fingerprint density at radius 1 is 0.647 bits per heavy atom. The Balaban J connectivity index is 1.22. The van der Waals surface area contributed by atoms with Gasteiger partial charge < -0.3 is 14.2 Å². The number of nitrogens with one attached hydrogen (secondary N) is 2. The van der Waals surface area contributed by atoms with Crippen molar-refractivity contribution in [1.82, 2.24) is 10.9 Å². The largest absolute Gasteiger partial charge is 0.490 e. The molecule has 0 saturated heterocycles. The quantitative estimate of drug-likeness (QED) is 0.292. The van der Waals surface area contributed by atoms with Crippen LogP contribution in [0.15, 0.2) is 97.1 Å². The number of hydrogen-bond donors (Lipinski definition) is 2. The molecule has 0 unspecified atom stereocenters. The van der Waals surface area contributed by atoms with Crippen molar-refractivity contribution in [2.45, 2.75) is 0 Å². The number of hydrazine groups is 1. The van der Waals surface area contributed by atoms with E-state index in [2.05, 4.69) is 10.9 Å². The number of rotatable bonds is 9. The van der Waals surface area contributed by atoms with Crippen molar-refractivity contribution in [3.8, 4) is 17.2 Å². The van der Waals surface area contributed by atoms with Crippen LogP contribution in [-0.4, -0.2) is 31.6 Å². The topological polar surface area (TPSA) is 85.9 Å². The van der Waals surface area contributed by atoms with Crippen LogP contribution in [0, 0.1) is 0 Å². The zero-order chi connectivity index (χ0) is 23.6. The van der Waals surface area contributed by atoms with Gasteiger partial charge in [0.1, 0.15) is 30.5 Å². The maximum absolute atomic E-state index is 12.4. The fraction of sp³-hybridized carbons (Fsp3) is 0.111. The second kappa shape index (κ2) is 11.4. The Morgan fingerprint density at radius 2 is 1.32 bits per heavy atom. The highest BCUT2D eigenvalue weighted by atomic mass is 16.5. The lowest BCUT2D eigenvalue weighted by molar-refractivity contribution is -0.123. The Hall–Kier alpha value is -4.52. The molecule has 4 aromatic carbocycles. The zero-order valence-corrected chi connectivity index (χ0v) is 18.4. The molecule has 4 aromatic rings. The molecule has 7 heteroatoms. The number of benzene rings is 4. The molecule has 4 rings (SSSR count). The minimum Gasteiger partial charge on any atom is -0.490 e. The molecule has 7 nitrogen and oxygen atoms in total. The van der Waals surface area contributed by atoms with E-state index in [4.69, 9.17) is 14.2 Å². The summed E-state index contributed by atoms with van der Waals surface area (Å²) in [5.74, 6) is 0.936. The fourth-order valence-corrected chi connectivity index (χ4v) is 3.26. The molecule has 34 heavy (non-hydrogen) atoms. The van der Waals surface area contributed by atoms with Crippen molar-refractivity contribution in [3.63, 3.8) is 0 Å². The van der Waals surface area contributed by atoms with E-state index >= 15 is 0 Å². The molecular formula is C27H24N2O5. The molecule has 0 fully saturated rings. The minimum absolute atomic E-state index is 0.237. The first kappa shape index (κ1) is 22.7. The summed E-state index contributed by atoms with van der Waals surface area (Å²) in [4.78, 5) is 24.6. The highest BCUT2D eigenvalue weighted by Gasteiger charge is 2.10. The van der Waals surface area contributed by atoms with E-state index in [1.807, 2.05) is 66.7 Å². The average molecular weight is 456 g/mol. The summed E-state index contributed by atoms with van der Waals surface area (Å²) in [6.07, 6.45) is 0. The van der Waals surface area contributed by atoms with Gasteiger partial charge in [-0.15, -0.1) is 0 Å². The van der Waals surface area contributed by atoms with Crippen LogP contribution in [0.5, 0.6) is 17.2 Å². The van der Waals surface area contributed by atoms with Gasteiger partial charge in [-0.25, -0.2) is 0 Å². The number of para-hydroxylation sites is 1. The molecule has 0 aliphatic heterocycles. The lowest BCUT2D eigenvalue weighted by atomic mass is 10.1. The van der Waals surface area contributed by atoms with Crippen molar-refractivity contribution in [2.24, 2.45) is 0 Å². The van der Waals surface area contributed by atoms with Gasteiger partial charge in [0.15, 0.2) is 6.61 Å². The van der Waals surface area contributed by atoms with Crippen LogP contribution >= 0.6 is 0 Å². The van der Waals surface area contributed by atoms with Crippen molar-refractivity contribution in [2.75, 3.05) is 19.8 Å². The Bertz CT molecular complexity index is 1250. The van der Waals surface area contributed by atoms with Gasteiger partial charge >= 0.3 is 0 Å². The Labute approximate surface area is 197 Å². The molecule has 0 spiro atoms. The SMILES string of the molecule is O=C(COc1cccc2ccccc12)NNC(=O)c1cccc(OCCOc2ccccc2)c1. The normalized spacial score (nSPS) is 10.4. The summed E-state index contributed by atoms with van der Waals surface area (Å²) < 4.78 is 16.9. The molecule has 0 saturated carbocycles. The molecule has 172 valence electrons. The van der Waals surface area contributed by atoms with Gasteiger partial charge in [0.25, 0.3) is 11.8 Å². The summed E-state index contributed by atoms with van der Waals surface area (Å²) >= 11 is 0. The monoisotopic (exact) mass is 456 g/mol. The standard InChI is InChI=1S/C27H24N2O5/c30-26(19-34-25-15-7-9-20-8-4-5-14-24(20)25)28-29-27(31)21-10-6-13-23(18-21)33-17-16-32-22-11-2-1-3-12-22/h1-15,18H,16-17,19H2,(H,28,30)(H,29,31). The summed E-state index contributed by atoms with van der Waals surface area (Å²) in [6, 6.07) is 29.5. The van der Waals surface area contributed by atoms with E-state index in [1.165, 1.54) is 0 Å². The molecule has 0 bridgehead atoms. The van der Waals surface area contributed by atoms with Gasteiger partial charge in [0.2, 0.25) is 0 Å². The lowest BCUT2D eigenvalue weighted by Crippen LogP contribution is -2.43. The van der Waals surface area contributed by atoms with Crippen molar-refractivity contribution >= 4 is 22.6 Å². The molecule has 2 amide bonds. The van der Waals surface area contributed by atoms with Crippen LogP contribution in [0.25, 0.3) is 10.8 Å². The molecule has 0 aliphatic rings. The van der Waals surface area contributed by atoms with E-state index in [0.717, 1.165) is 16.5 Å². The second-order valence-electron chi connectivity index (χ2n) is 7.31. The first-order valence-electron chi connectivity index (χ1n) is 10.8. The van der Waals surface area contributed by atoms with Gasteiger partial charge in [-0.2, -0.15) is 0 Å². The maximum atomic E-state index is 12.4. The van der Waals surface area contributed by atoms with Gasteiger partial charge in [0.05, 0.1) is 0 Å². The van der Waals surface area contributed by atoms with E-state index < -0.39 is 11.8 Å². The average Bonchev–Trinajstić information content (AvgIpc) is 2.89. The van der Waals surface area contributed by atoms with E-state index in [9.17, 15) is 9.59 Å². The van der Waals surface area contributed by atoms with Crippen molar-refractivity contribution in [1.29, 1.82) is 0 Å². The molecule has 0 aromatic heterocycles. The van der Waals surface area contributed by atoms with Gasteiger partial charge in [-0.1, -0.05) is 60.7 Å². The number of carbonyl (C=O) groups is 2. The van der Waals surface area contributed by atoms with Crippen LogP contribution in [0.4, 0.5) is 0 Å². The fourth-order valence-electron chi connectivity index (χ4n) is 3.26. The maximum Gasteiger partial charge on any atom is 0.276 e. The summed E-state index contributed by atoms with van der Waals surface area (Å²) in [7, 11) is 0. The zero-order valence-electron chi connectivity index (χ0n) is 18.4. The Kier molecular flexibility index (Phi) is 7.58. The third-order valence-corrected chi connectivity index (χ3v) is 4.88. The molecule has 0 atom stereocenters. The third kappa shape index (κ3) is 6.26. The summed E-state index contributed by atoms with van der Waals surface area (Å²) in [5, 5.41) is 1.93. The molecule has 0 heterocycles. The number of carbonyl (C=O) groups excluding carboxylic acids is 2. The predicted molar refractivity (Wildman–Crippen MR) is 129 cm³/mol. The molecule has 0 aliphatic carbocycles. The van der Waals surface area contributed by atoms with Crippen molar-refractivity contribution < 1.29 is 23.8 Å². The number of fused-ring (bicyclic) bond motifs is 1. The van der Waals surface area contributed by atoms with Crippen molar-refractivity contribution in [3.05, 3.63) is 103 Å². The molecule has 0 radical (unpaired) electrons. The predicted octanol–water partition coefficient (Wildman–Crippen LogP) is 4.14. The first-order valence-corrected chi connectivity index (χ1v) is 10.8. The van der Waals surface area contributed by atoms with Gasteiger partial charge in [-0.3, -0.25) is 20.4 Å². The summed E-state index contributed by atoms with van der Waals surface area (Å²) in [6.45, 7) is 0.453. The van der Waals surface area contributed by atoms with Gasteiger partial charge in [-0.05, 0) is 41.8 Å². The highest BCUT2D eigenvalue weighted by Crippen LogP contribution is 2.24. The first-order chi connectivity index (χ1) is 16.7. The van der Waals surface area contributed by atoms with E-state index in [-0.39, 0.29) is 6.61 Å². The number of ether oxygens (including phenoxy) is 3. The van der Waals surface area contributed by atoms with Gasteiger partial charge in [0, 0.05) is 10.9 Å². The second-order valence-corrected chi connectivity index (χ2v) is 7.31. The molecular weight excluding hydrogens is 432 g/mol. The minimum atomic E-state index is -0.480. The van der Waals surface area contributed by atoms with Crippen LogP contribution < -0.4 is 25.1 Å².